The number of carbonyl (C=O) groups excluding carboxylic acids is 1. The summed E-state index contributed by atoms with van der Waals surface area (Å²) in [4.78, 5) is 11.9. The fourth-order valence-corrected chi connectivity index (χ4v) is 2.07. The predicted octanol–water partition coefficient (Wildman–Crippen LogP) is 4.01. The van der Waals surface area contributed by atoms with Gasteiger partial charge < -0.3 is 14.8 Å². The molecule has 2 rings (SSSR count). The molecule has 0 unspecified atom stereocenters. The zero-order valence-electron chi connectivity index (χ0n) is 12.3. The Hall–Kier alpha value is -2.46. The number of halogens is 1. The van der Waals surface area contributed by atoms with E-state index >= 15 is 0 Å². The number of anilines is 1. The van der Waals surface area contributed by atoms with Gasteiger partial charge in [0.15, 0.2) is 11.5 Å². The molecule has 2 aromatic carbocycles. The van der Waals surface area contributed by atoms with Crippen molar-refractivity contribution < 1.29 is 14.3 Å². The summed E-state index contributed by atoms with van der Waals surface area (Å²) >= 11 is 6.03. The molecule has 0 aliphatic carbocycles. The van der Waals surface area contributed by atoms with Crippen molar-refractivity contribution in [3.8, 4) is 11.5 Å². The van der Waals surface area contributed by atoms with Gasteiger partial charge in [0.1, 0.15) is 0 Å². The Kier molecular flexibility index (Phi) is 5.44. The van der Waals surface area contributed by atoms with Gasteiger partial charge in [0.25, 0.3) is 0 Å². The largest absolute Gasteiger partial charge is 0.493 e. The third-order valence-electron chi connectivity index (χ3n) is 2.97. The van der Waals surface area contributed by atoms with E-state index in [1.807, 2.05) is 18.2 Å². The minimum absolute atomic E-state index is 0.257. The average molecular weight is 318 g/mol. The summed E-state index contributed by atoms with van der Waals surface area (Å²) in [6, 6.07) is 12.5. The molecule has 4 nitrogen and oxygen atoms in total. The van der Waals surface area contributed by atoms with E-state index in [0.717, 1.165) is 5.56 Å². The Bertz CT molecular complexity index is 698. The first-order valence-corrected chi connectivity index (χ1v) is 6.97. The Morgan fingerprint density at radius 3 is 2.50 bits per heavy atom. The van der Waals surface area contributed by atoms with E-state index in [1.165, 1.54) is 6.08 Å². The molecule has 0 radical (unpaired) electrons. The fourth-order valence-electron chi connectivity index (χ4n) is 1.87. The molecule has 0 aromatic heterocycles. The fraction of sp³-hybridized carbons (Fsp3) is 0.118. The molecule has 0 aliphatic heterocycles. The number of hydrogen-bond acceptors (Lipinski definition) is 3. The number of ether oxygens (including phenoxy) is 2. The summed E-state index contributed by atoms with van der Waals surface area (Å²) < 4.78 is 10.3. The Balaban J connectivity index is 2.08. The van der Waals surface area contributed by atoms with Crippen LogP contribution in [0.5, 0.6) is 11.5 Å². The molecule has 114 valence electrons. The molecular weight excluding hydrogens is 302 g/mol. The number of methoxy groups -OCH3 is 2. The molecule has 0 atom stereocenters. The number of hydrogen-bond donors (Lipinski definition) is 1. The topological polar surface area (TPSA) is 47.6 Å². The van der Waals surface area contributed by atoms with E-state index < -0.39 is 0 Å². The highest BCUT2D eigenvalue weighted by Gasteiger charge is 2.06. The molecule has 5 heteroatoms. The van der Waals surface area contributed by atoms with Crippen molar-refractivity contribution in [1.29, 1.82) is 0 Å². The van der Waals surface area contributed by atoms with Crippen molar-refractivity contribution in [2.45, 2.75) is 0 Å². The molecule has 1 amide bonds. The van der Waals surface area contributed by atoms with Crippen molar-refractivity contribution in [3.05, 3.63) is 59.1 Å². The van der Waals surface area contributed by atoms with Crippen molar-refractivity contribution >= 4 is 29.3 Å². The van der Waals surface area contributed by atoms with Crippen LogP contribution >= 0.6 is 11.6 Å². The smallest absolute Gasteiger partial charge is 0.248 e. The molecule has 0 spiro atoms. The molecule has 0 saturated carbocycles. The second kappa shape index (κ2) is 7.52. The van der Waals surface area contributed by atoms with E-state index in [2.05, 4.69) is 5.32 Å². The molecule has 0 bridgehead atoms. The van der Waals surface area contributed by atoms with Gasteiger partial charge >= 0.3 is 0 Å². The molecule has 0 heterocycles. The zero-order valence-corrected chi connectivity index (χ0v) is 13.1. The van der Waals surface area contributed by atoms with E-state index in [4.69, 9.17) is 21.1 Å². The normalized spacial score (nSPS) is 10.5. The van der Waals surface area contributed by atoms with Crippen LogP contribution < -0.4 is 14.8 Å². The third kappa shape index (κ3) is 4.02. The lowest BCUT2D eigenvalue weighted by molar-refractivity contribution is -0.111. The monoisotopic (exact) mass is 317 g/mol. The van der Waals surface area contributed by atoms with Gasteiger partial charge in [0.05, 0.1) is 14.2 Å². The van der Waals surface area contributed by atoms with Gasteiger partial charge in [-0.2, -0.15) is 0 Å². The van der Waals surface area contributed by atoms with E-state index in [1.54, 1.807) is 44.6 Å². The first-order chi connectivity index (χ1) is 10.6. The molecule has 22 heavy (non-hydrogen) atoms. The first kappa shape index (κ1) is 15.9. The van der Waals surface area contributed by atoms with Crippen LogP contribution in [0, 0.1) is 0 Å². The second-order valence-electron chi connectivity index (χ2n) is 4.41. The lowest BCUT2D eigenvalue weighted by atomic mass is 10.2. The van der Waals surface area contributed by atoms with Crippen LogP contribution in [0.15, 0.2) is 48.5 Å². The minimum atomic E-state index is -0.257. The van der Waals surface area contributed by atoms with Crippen LogP contribution in [0.1, 0.15) is 5.56 Å². The van der Waals surface area contributed by atoms with Crippen molar-refractivity contribution in [3.63, 3.8) is 0 Å². The Morgan fingerprint density at radius 1 is 1.09 bits per heavy atom. The summed E-state index contributed by atoms with van der Waals surface area (Å²) in [5.41, 5.74) is 1.40. The third-order valence-corrected chi connectivity index (χ3v) is 3.31. The SMILES string of the molecule is COc1ccc(NC(=O)/C=C/c2ccccc2Cl)cc1OC. The van der Waals surface area contributed by atoms with Gasteiger partial charge in [-0.25, -0.2) is 0 Å². The van der Waals surface area contributed by atoms with Crippen molar-refractivity contribution in [2.24, 2.45) is 0 Å². The number of benzene rings is 2. The minimum Gasteiger partial charge on any atom is -0.493 e. The molecule has 0 aliphatic rings. The van der Waals surface area contributed by atoms with E-state index in [9.17, 15) is 4.79 Å². The van der Waals surface area contributed by atoms with Crippen LogP contribution in [0.4, 0.5) is 5.69 Å². The van der Waals surface area contributed by atoms with Crippen molar-refractivity contribution in [1.82, 2.24) is 0 Å². The van der Waals surface area contributed by atoms with Crippen LogP contribution in [0.25, 0.3) is 6.08 Å². The van der Waals surface area contributed by atoms with Gasteiger partial charge in [0.2, 0.25) is 5.91 Å². The maximum atomic E-state index is 11.9. The molecule has 1 N–H and O–H groups in total. The lowest BCUT2D eigenvalue weighted by Gasteiger charge is -2.09. The molecule has 0 saturated heterocycles. The first-order valence-electron chi connectivity index (χ1n) is 6.59. The van der Waals surface area contributed by atoms with E-state index in [-0.39, 0.29) is 5.91 Å². The molecule has 0 fully saturated rings. The van der Waals surface area contributed by atoms with Gasteiger partial charge in [0, 0.05) is 22.9 Å². The quantitative estimate of drug-likeness (QED) is 0.848. The maximum Gasteiger partial charge on any atom is 0.248 e. The van der Waals surface area contributed by atoms with Gasteiger partial charge in [-0.3, -0.25) is 4.79 Å². The van der Waals surface area contributed by atoms with Gasteiger partial charge in [-0.1, -0.05) is 29.8 Å². The summed E-state index contributed by atoms with van der Waals surface area (Å²) in [6.07, 6.45) is 3.09. The Labute approximate surface area is 134 Å². The second-order valence-corrected chi connectivity index (χ2v) is 4.82. The van der Waals surface area contributed by atoms with Gasteiger partial charge in [-0.05, 0) is 29.8 Å². The summed E-state index contributed by atoms with van der Waals surface area (Å²) in [6.45, 7) is 0. The average Bonchev–Trinajstić information content (AvgIpc) is 2.54. The zero-order chi connectivity index (χ0) is 15.9. The molecule has 2 aromatic rings. The van der Waals surface area contributed by atoms with Crippen molar-refractivity contribution in [2.75, 3.05) is 19.5 Å². The highest BCUT2D eigenvalue weighted by atomic mass is 35.5. The summed E-state index contributed by atoms with van der Waals surface area (Å²) in [7, 11) is 3.10. The maximum absolute atomic E-state index is 11.9. The molecular formula is C17H16ClNO3. The highest BCUT2D eigenvalue weighted by Crippen LogP contribution is 2.29. The Morgan fingerprint density at radius 2 is 1.82 bits per heavy atom. The summed E-state index contributed by atoms with van der Waals surface area (Å²) in [5, 5.41) is 3.35. The van der Waals surface area contributed by atoms with Crippen LogP contribution in [0.3, 0.4) is 0 Å². The van der Waals surface area contributed by atoms with Crippen LogP contribution in [-0.4, -0.2) is 20.1 Å². The number of carbonyl (C=O) groups is 1. The standard InChI is InChI=1S/C17H16ClNO3/c1-21-15-9-8-13(11-16(15)22-2)19-17(20)10-7-12-5-3-4-6-14(12)18/h3-11H,1-2H3,(H,19,20)/b10-7+. The highest BCUT2D eigenvalue weighted by molar-refractivity contribution is 6.32. The van der Waals surface area contributed by atoms with Crippen LogP contribution in [0.2, 0.25) is 5.02 Å². The van der Waals surface area contributed by atoms with E-state index in [0.29, 0.717) is 22.2 Å². The predicted molar refractivity (Wildman–Crippen MR) is 88.7 cm³/mol. The number of nitrogens with one attached hydrogen (secondary N) is 1. The number of amides is 1. The number of rotatable bonds is 5. The lowest BCUT2D eigenvalue weighted by Crippen LogP contribution is -2.07. The summed E-state index contributed by atoms with van der Waals surface area (Å²) in [5.74, 6) is 0.898. The van der Waals surface area contributed by atoms with Crippen LogP contribution in [-0.2, 0) is 4.79 Å². The van der Waals surface area contributed by atoms with Gasteiger partial charge in [-0.15, -0.1) is 0 Å².